The predicted molar refractivity (Wildman–Crippen MR) is 82.9 cm³/mol. The van der Waals surface area contributed by atoms with Crippen LogP contribution < -0.4 is 0 Å². The van der Waals surface area contributed by atoms with E-state index >= 15 is 0 Å². The molecule has 0 heterocycles. The Bertz CT molecular complexity index is 316. The Kier molecular flexibility index (Phi) is 7.01. The minimum Gasteiger partial charge on any atom is -0.478 e. The standard InChI is InChI=1S/C15H30O3Si/c1-12(9-11-14(16)17)8-10-13(2)18-19(6,7)15(3,4)5/h9,11-13H,8,10H2,1-7H3,(H,16,17)/b11-9+/t12-,13-/m1/s1. The SMILES string of the molecule is C[C@H](CC[C@@H](C)/C=C/C(=O)O)O[Si](C)(C)C(C)(C)C. The molecule has 0 saturated carbocycles. The van der Waals surface area contributed by atoms with Gasteiger partial charge < -0.3 is 9.53 Å². The van der Waals surface area contributed by atoms with Crippen LogP contribution in [0, 0.1) is 5.92 Å². The van der Waals surface area contributed by atoms with Crippen molar-refractivity contribution in [3.8, 4) is 0 Å². The number of hydrogen-bond donors (Lipinski definition) is 1. The number of carboxylic acids is 1. The molecule has 0 aromatic carbocycles. The molecular weight excluding hydrogens is 256 g/mol. The zero-order valence-electron chi connectivity index (χ0n) is 13.5. The number of rotatable bonds is 7. The molecule has 0 saturated heterocycles. The van der Waals surface area contributed by atoms with Crippen LogP contribution in [0.4, 0.5) is 0 Å². The second-order valence-corrected chi connectivity index (χ2v) is 11.7. The summed E-state index contributed by atoms with van der Waals surface area (Å²) in [6.07, 6.45) is 5.14. The molecule has 19 heavy (non-hydrogen) atoms. The molecule has 2 atom stereocenters. The molecule has 4 heteroatoms. The monoisotopic (exact) mass is 286 g/mol. The van der Waals surface area contributed by atoms with E-state index in [2.05, 4.69) is 40.8 Å². The fourth-order valence-electron chi connectivity index (χ4n) is 1.58. The lowest BCUT2D eigenvalue weighted by Gasteiger charge is -2.38. The third-order valence-electron chi connectivity index (χ3n) is 3.90. The van der Waals surface area contributed by atoms with Gasteiger partial charge in [-0.15, -0.1) is 0 Å². The molecule has 0 aliphatic carbocycles. The van der Waals surface area contributed by atoms with Crippen LogP contribution >= 0.6 is 0 Å². The van der Waals surface area contributed by atoms with Gasteiger partial charge in [0.1, 0.15) is 0 Å². The van der Waals surface area contributed by atoms with Crippen molar-refractivity contribution < 1.29 is 14.3 Å². The highest BCUT2D eigenvalue weighted by Gasteiger charge is 2.38. The zero-order valence-corrected chi connectivity index (χ0v) is 14.5. The fourth-order valence-corrected chi connectivity index (χ4v) is 3.06. The predicted octanol–water partition coefficient (Wildman–Crippen LogP) is 4.45. The van der Waals surface area contributed by atoms with E-state index in [0.29, 0.717) is 0 Å². The maximum absolute atomic E-state index is 10.4. The van der Waals surface area contributed by atoms with Gasteiger partial charge in [-0.1, -0.05) is 33.8 Å². The van der Waals surface area contributed by atoms with Gasteiger partial charge >= 0.3 is 5.97 Å². The minimum absolute atomic E-state index is 0.232. The summed E-state index contributed by atoms with van der Waals surface area (Å²) >= 11 is 0. The smallest absolute Gasteiger partial charge is 0.327 e. The van der Waals surface area contributed by atoms with E-state index in [4.69, 9.17) is 9.53 Å². The van der Waals surface area contributed by atoms with Crippen molar-refractivity contribution in [3.63, 3.8) is 0 Å². The largest absolute Gasteiger partial charge is 0.478 e. The normalized spacial score (nSPS) is 16.6. The van der Waals surface area contributed by atoms with E-state index in [1.165, 1.54) is 6.08 Å². The lowest BCUT2D eigenvalue weighted by atomic mass is 10.0. The Morgan fingerprint density at radius 2 is 1.79 bits per heavy atom. The van der Waals surface area contributed by atoms with E-state index < -0.39 is 14.3 Å². The maximum Gasteiger partial charge on any atom is 0.327 e. The molecule has 3 nitrogen and oxygen atoms in total. The molecule has 0 spiro atoms. The molecule has 0 aromatic heterocycles. The van der Waals surface area contributed by atoms with Gasteiger partial charge in [-0.25, -0.2) is 4.79 Å². The van der Waals surface area contributed by atoms with Crippen molar-refractivity contribution in [2.24, 2.45) is 5.92 Å². The fraction of sp³-hybridized carbons (Fsp3) is 0.800. The highest BCUT2D eigenvalue weighted by molar-refractivity contribution is 6.74. The summed E-state index contributed by atoms with van der Waals surface area (Å²) < 4.78 is 6.28. The van der Waals surface area contributed by atoms with Gasteiger partial charge in [0, 0.05) is 12.2 Å². The van der Waals surface area contributed by atoms with Gasteiger partial charge in [-0.05, 0) is 43.8 Å². The van der Waals surface area contributed by atoms with E-state index in [1.807, 2.05) is 6.92 Å². The van der Waals surface area contributed by atoms with Crippen molar-refractivity contribution in [2.75, 3.05) is 0 Å². The number of aliphatic carboxylic acids is 1. The van der Waals surface area contributed by atoms with Crippen LogP contribution in [0.5, 0.6) is 0 Å². The third-order valence-corrected chi connectivity index (χ3v) is 8.50. The Balaban J connectivity index is 4.20. The van der Waals surface area contributed by atoms with Gasteiger partial charge in [0.25, 0.3) is 0 Å². The second kappa shape index (κ2) is 7.24. The van der Waals surface area contributed by atoms with Gasteiger partial charge in [0.2, 0.25) is 0 Å². The molecule has 0 fully saturated rings. The van der Waals surface area contributed by atoms with Crippen molar-refractivity contribution in [3.05, 3.63) is 12.2 Å². The maximum atomic E-state index is 10.4. The molecule has 112 valence electrons. The van der Waals surface area contributed by atoms with E-state index in [0.717, 1.165) is 12.8 Å². The molecule has 0 bridgehead atoms. The number of allylic oxidation sites excluding steroid dienone is 1. The molecule has 0 rings (SSSR count). The Morgan fingerprint density at radius 1 is 1.26 bits per heavy atom. The summed E-state index contributed by atoms with van der Waals surface area (Å²) in [6, 6.07) is 0. The first kappa shape index (κ1) is 18.4. The first-order valence-electron chi connectivity index (χ1n) is 7.04. The summed E-state index contributed by atoms with van der Waals surface area (Å²) in [5.41, 5.74) is 0. The van der Waals surface area contributed by atoms with Crippen LogP contribution in [0.1, 0.15) is 47.5 Å². The second-order valence-electron chi connectivity index (χ2n) is 6.94. The first-order chi connectivity index (χ1) is 8.45. The summed E-state index contributed by atoms with van der Waals surface area (Å²) in [4.78, 5) is 10.4. The van der Waals surface area contributed by atoms with Crippen LogP contribution in [0.3, 0.4) is 0 Å². The van der Waals surface area contributed by atoms with Crippen LogP contribution in [0.15, 0.2) is 12.2 Å². The minimum atomic E-state index is -1.69. The van der Waals surface area contributed by atoms with Crippen LogP contribution in [0.25, 0.3) is 0 Å². The highest BCUT2D eigenvalue weighted by Crippen LogP contribution is 2.37. The number of carbonyl (C=O) groups is 1. The van der Waals surface area contributed by atoms with Gasteiger partial charge in [-0.2, -0.15) is 0 Å². The molecular formula is C15H30O3Si. The number of hydrogen-bond acceptors (Lipinski definition) is 2. The quantitative estimate of drug-likeness (QED) is 0.555. The van der Waals surface area contributed by atoms with Crippen molar-refractivity contribution in [1.29, 1.82) is 0 Å². The molecule has 1 N–H and O–H groups in total. The third kappa shape index (κ3) is 7.53. The van der Waals surface area contributed by atoms with Crippen molar-refractivity contribution in [2.45, 2.75) is 71.7 Å². The van der Waals surface area contributed by atoms with Crippen molar-refractivity contribution in [1.82, 2.24) is 0 Å². The van der Waals surface area contributed by atoms with Gasteiger partial charge in [0.05, 0.1) is 0 Å². The summed E-state index contributed by atoms with van der Waals surface area (Å²) in [5.74, 6) is -0.598. The van der Waals surface area contributed by atoms with E-state index in [-0.39, 0.29) is 17.1 Å². The van der Waals surface area contributed by atoms with E-state index in [1.54, 1.807) is 6.08 Å². The topological polar surface area (TPSA) is 46.5 Å². The zero-order chi connectivity index (χ0) is 15.3. The lowest BCUT2D eigenvalue weighted by molar-refractivity contribution is -0.131. The molecule has 0 unspecified atom stereocenters. The highest BCUT2D eigenvalue weighted by atomic mass is 28.4. The Hall–Kier alpha value is -0.613. The summed E-state index contributed by atoms with van der Waals surface area (Å²) in [6.45, 7) is 15.4. The molecule has 0 aromatic rings. The van der Waals surface area contributed by atoms with Gasteiger partial charge in [0.15, 0.2) is 8.32 Å². The average Bonchev–Trinajstić information content (AvgIpc) is 2.21. The molecule has 0 aliphatic heterocycles. The van der Waals surface area contributed by atoms with Crippen LogP contribution in [-0.4, -0.2) is 25.5 Å². The van der Waals surface area contributed by atoms with Crippen molar-refractivity contribution >= 4 is 14.3 Å². The summed E-state index contributed by atoms with van der Waals surface area (Å²) in [7, 11) is -1.69. The molecule has 0 aliphatic rings. The molecule has 0 amide bonds. The lowest BCUT2D eigenvalue weighted by Crippen LogP contribution is -2.43. The van der Waals surface area contributed by atoms with Crippen LogP contribution in [-0.2, 0) is 9.22 Å². The Labute approximate surface area is 119 Å². The Morgan fingerprint density at radius 3 is 2.21 bits per heavy atom. The van der Waals surface area contributed by atoms with Crippen LogP contribution in [0.2, 0.25) is 18.1 Å². The van der Waals surface area contributed by atoms with E-state index in [9.17, 15) is 4.79 Å². The number of carboxylic acid groups (broad SMARTS) is 1. The first-order valence-corrected chi connectivity index (χ1v) is 9.95. The molecule has 0 radical (unpaired) electrons. The van der Waals surface area contributed by atoms with Gasteiger partial charge in [-0.3, -0.25) is 0 Å². The average molecular weight is 286 g/mol. The summed E-state index contributed by atoms with van der Waals surface area (Å²) in [5, 5.41) is 8.81.